The number of carbonyl (C=O) groups is 2. The van der Waals surface area contributed by atoms with Gasteiger partial charge in [0.1, 0.15) is 5.75 Å². The van der Waals surface area contributed by atoms with Gasteiger partial charge >= 0.3 is 8.53 Å². The Kier molecular flexibility index (Phi) is 12.2. The van der Waals surface area contributed by atoms with Crippen molar-refractivity contribution in [2.75, 3.05) is 34.0 Å². The average Bonchev–Trinajstić information content (AvgIpc) is 2.81. The lowest BCUT2D eigenvalue weighted by Gasteiger charge is -2.30. The first-order valence-electron chi connectivity index (χ1n) is 10.7. The topological polar surface area (TPSA) is 98.4 Å². The van der Waals surface area contributed by atoms with Crippen LogP contribution in [0.25, 0.3) is 0 Å². The number of nitrogens with zero attached hydrogens (tertiary/aromatic N) is 1. The molecule has 1 aromatic carbocycles. The molecule has 0 radical (unpaired) electrons. The van der Waals surface area contributed by atoms with Crippen molar-refractivity contribution in [3.8, 4) is 5.75 Å². The molecule has 3 unspecified atom stereocenters. The third kappa shape index (κ3) is 10.1. The molecule has 0 spiro atoms. The Balaban J connectivity index is 1.89. The van der Waals surface area contributed by atoms with Crippen LogP contribution in [-0.4, -0.2) is 69.4 Å². The maximum Gasteiger partial charge on any atom is 0.318 e. The van der Waals surface area contributed by atoms with Gasteiger partial charge in [-0.05, 0) is 38.3 Å². The smallest absolute Gasteiger partial charge is 0.318 e. The van der Waals surface area contributed by atoms with Gasteiger partial charge in [-0.3, -0.25) is 14.9 Å². The first-order valence-corrected chi connectivity index (χ1v) is 11.9. The van der Waals surface area contributed by atoms with Crippen molar-refractivity contribution < 1.29 is 28.1 Å². The number of hydrogen-bond donors (Lipinski definition) is 2. The Morgan fingerprint density at radius 2 is 2.03 bits per heavy atom. The first-order chi connectivity index (χ1) is 15.5. The van der Waals surface area contributed by atoms with Crippen molar-refractivity contribution >= 4 is 20.8 Å². The van der Waals surface area contributed by atoms with Crippen molar-refractivity contribution in [2.24, 2.45) is 0 Å². The summed E-state index contributed by atoms with van der Waals surface area (Å²) < 4.78 is 23.3. The summed E-state index contributed by atoms with van der Waals surface area (Å²) in [7, 11) is 2.16. The van der Waals surface area contributed by atoms with E-state index in [1.807, 2.05) is 49.2 Å². The zero-order valence-corrected chi connectivity index (χ0v) is 19.8. The molecule has 32 heavy (non-hydrogen) atoms. The molecule has 0 saturated carbocycles. The van der Waals surface area contributed by atoms with Gasteiger partial charge in [0.15, 0.2) is 0 Å². The normalized spacial score (nSPS) is 17.5. The molecular weight excluding hydrogens is 433 g/mol. The molecule has 1 aromatic rings. The Labute approximate surface area is 191 Å². The van der Waals surface area contributed by atoms with Crippen LogP contribution in [-0.2, 0) is 23.6 Å². The lowest BCUT2D eigenvalue weighted by atomic mass is 10.1. The van der Waals surface area contributed by atoms with Gasteiger partial charge in [0.25, 0.3) is 5.91 Å². The Hall–Kier alpha value is -2.03. The predicted molar refractivity (Wildman–Crippen MR) is 123 cm³/mol. The Morgan fingerprint density at radius 1 is 1.31 bits per heavy atom. The zero-order chi connectivity index (χ0) is 23.2. The lowest BCUT2D eigenvalue weighted by Crippen LogP contribution is -2.34. The number of amides is 2. The Bertz CT molecular complexity index is 702. The molecule has 1 aliphatic heterocycles. The molecule has 3 atom stereocenters. The fourth-order valence-electron chi connectivity index (χ4n) is 3.01. The lowest BCUT2D eigenvalue weighted by molar-refractivity contribution is -0.121. The maximum absolute atomic E-state index is 11.4. The fraction of sp³-hybridized carbons (Fsp3) is 0.545. The van der Waals surface area contributed by atoms with Crippen LogP contribution >= 0.6 is 8.53 Å². The SMILES string of the molecule is COC(COP(NC1CCOCC1)Oc1ccccc1)CC(C)N(C)/C=C\C(=O)NC=O. The maximum atomic E-state index is 11.4. The summed E-state index contributed by atoms with van der Waals surface area (Å²) in [6.45, 7) is 3.85. The predicted octanol–water partition coefficient (Wildman–Crippen LogP) is 2.59. The van der Waals surface area contributed by atoms with Crippen molar-refractivity contribution in [3.05, 3.63) is 42.6 Å². The molecule has 2 amide bonds. The number of para-hydroxylation sites is 1. The molecule has 0 aromatic heterocycles. The van der Waals surface area contributed by atoms with Crippen LogP contribution in [0.2, 0.25) is 0 Å². The van der Waals surface area contributed by atoms with Crippen molar-refractivity contribution in [2.45, 2.75) is 44.4 Å². The van der Waals surface area contributed by atoms with Gasteiger partial charge in [0.05, 0.1) is 12.7 Å². The molecule has 1 aliphatic rings. The van der Waals surface area contributed by atoms with Crippen LogP contribution < -0.4 is 14.9 Å². The van der Waals surface area contributed by atoms with Crippen LogP contribution in [0.15, 0.2) is 42.6 Å². The molecule has 2 N–H and O–H groups in total. The average molecular weight is 468 g/mol. The molecule has 0 bridgehead atoms. The molecule has 0 aliphatic carbocycles. The van der Waals surface area contributed by atoms with E-state index >= 15 is 0 Å². The highest BCUT2D eigenvalue weighted by atomic mass is 31.2. The summed E-state index contributed by atoms with van der Waals surface area (Å²) in [6, 6.07) is 9.97. The number of rotatable bonds is 14. The van der Waals surface area contributed by atoms with Crippen LogP contribution in [0.5, 0.6) is 5.75 Å². The fourth-order valence-corrected chi connectivity index (χ4v) is 4.36. The highest BCUT2D eigenvalue weighted by molar-refractivity contribution is 7.45. The number of benzene rings is 1. The standard InChI is InChI=1S/C22H34N3O6P/c1-18(25(2)12-9-22(27)23-17-26)15-21(28-3)16-30-32(24-19-10-13-29-14-11-19)31-20-7-5-4-6-8-20/h4-9,12,17-19,21,24H,10-11,13-16H2,1-3H3,(H,23,26,27)/b12-9-. The van der Waals surface area contributed by atoms with Crippen LogP contribution in [0.4, 0.5) is 0 Å². The number of carbonyl (C=O) groups excluding carboxylic acids is 2. The highest BCUT2D eigenvalue weighted by Crippen LogP contribution is 2.37. The summed E-state index contributed by atoms with van der Waals surface area (Å²) in [5.74, 6) is 0.285. The number of imide groups is 1. The monoisotopic (exact) mass is 467 g/mol. The summed E-state index contributed by atoms with van der Waals surface area (Å²) in [5, 5.41) is 5.57. The quantitative estimate of drug-likeness (QED) is 0.245. The Morgan fingerprint density at radius 3 is 2.69 bits per heavy atom. The van der Waals surface area contributed by atoms with Crippen molar-refractivity contribution in [3.63, 3.8) is 0 Å². The van der Waals surface area contributed by atoms with E-state index in [9.17, 15) is 9.59 Å². The van der Waals surface area contributed by atoms with E-state index in [-0.39, 0.29) is 18.2 Å². The largest absolute Gasteiger partial charge is 0.436 e. The molecule has 9 nitrogen and oxygen atoms in total. The molecular formula is C22H34N3O6P. The number of hydrogen-bond acceptors (Lipinski definition) is 8. The van der Waals surface area contributed by atoms with Gasteiger partial charge in [0.2, 0.25) is 6.41 Å². The van der Waals surface area contributed by atoms with Gasteiger partial charge in [-0.2, -0.15) is 0 Å². The van der Waals surface area contributed by atoms with E-state index in [1.54, 1.807) is 13.3 Å². The van der Waals surface area contributed by atoms with Crippen molar-refractivity contribution in [1.29, 1.82) is 0 Å². The van der Waals surface area contributed by atoms with E-state index in [0.717, 1.165) is 31.8 Å². The third-order valence-corrected chi connectivity index (χ3v) is 6.45. The van der Waals surface area contributed by atoms with Crippen LogP contribution in [0, 0.1) is 0 Å². The van der Waals surface area contributed by atoms with E-state index < -0.39 is 14.4 Å². The minimum atomic E-state index is -1.36. The second-order valence-corrected chi connectivity index (χ2v) is 8.74. The van der Waals surface area contributed by atoms with Crippen molar-refractivity contribution in [1.82, 2.24) is 15.3 Å². The number of ether oxygens (including phenoxy) is 2. The third-order valence-electron chi connectivity index (χ3n) is 5.11. The zero-order valence-electron chi connectivity index (χ0n) is 18.9. The summed E-state index contributed by atoms with van der Waals surface area (Å²) in [4.78, 5) is 23.6. The van der Waals surface area contributed by atoms with Gasteiger partial charge in [-0.15, -0.1) is 0 Å². The van der Waals surface area contributed by atoms with E-state index in [0.29, 0.717) is 19.4 Å². The highest BCUT2D eigenvalue weighted by Gasteiger charge is 2.24. The van der Waals surface area contributed by atoms with Crippen LogP contribution in [0.3, 0.4) is 0 Å². The molecule has 1 fully saturated rings. The second-order valence-electron chi connectivity index (χ2n) is 7.52. The first kappa shape index (κ1) is 26.2. The van der Waals surface area contributed by atoms with Gasteiger partial charge in [-0.1, -0.05) is 18.2 Å². The van der Waals surface area contributed by atoms with E-state index in [4.69, 9.17) is 18.5 Å². The summed E-state index contributed by atoms with van der Waals surface area (Å²) in [5.41, 5.74) is 0. The van der Waals surface area contributed by atoms with Crippen LogP contribution in [0.1, 0.15) is 26.2 Å². The van der Waals surface area contributed by atoms with Gasteiger partial charge < -0.3 is 23.4 Å². The van der Waals surface area contributed by atoms with E-state index in [2.05, 4.69) is 10.4 Å². The molecule has 2 rings (SSSR count). The number of nitrogens with one attached hydrogen (secondary N) is 2. The summed E-state index contributed by atoms with van der Waals surface area (Å²) in [6.07, 6.45) is 5.66. The van der Waals surface area contributed by atoms with Gasteiger partial charge in [-0.25, -0.2) is 5.09 Å². The number of methoxy groups -OCH3 is 1. The molecule has 1 saturated heterocycles. The summed E-state index contributed by atoms with van der Waals surface area (Å²) >= 11 is 0. The van der Waals surface area contributed by atoms with E-state index in [1.165, 1.54) is 6.08 Å². The molecule has 1 heterocycles. The minimum absolute atomic E-state index is 0.0774. The minimum Gasteiger partial charge on any atom is -0.436 e. The van der Waals surface area contributed by atoms with Gasteiger partial charge in [0, 0.05) is 51.7 Å². The molecule has 178 valence electrons. The molecule has 10 heteroatoms. The second kappa shape index (κ2) is 14.9.